The Morgan fingerprint density at radius 2 is 2.12 bits per heavy atom. The van der Waals surface area contributed by atoms with Crippen molar-refractivity contribution in [3.63, 3.8) is 0 Å². The third-order valence-corrected chi connectivity index (χ3v) is 3.16. The molecule has 0 fully saturated rings. The van der Waals surface area contributed by atoms with Gasteiger partial charge < -0.3 is 4.98 Å². The van der Waals surface area contributed by atoms with Gasteiger partial charge in [-0.25, -0.2) is 9.98 Å². The Labute approximate surface area is 96.5 Å². The molecule has 3 aromatic rings. The molecule has 0 spiro atoms. The molecule has 0 atom stereocenters. The number of aliphatic imine (C=N–C) groups is 1. The van der Waals surface area contributed by atoms with E-state index in [2.05, 4.69) is 21.0 Å². The van der Waals surface area contributed by atoms with Crippen molar-refractivity contribution in [1.29, 1.82) is 0 Å². The van der Waals surface area contributed by atoms with Crippen LogP contribution in [0.5, 0.6) is 0 Å². The molecule has 0 aliphatic carbocycles. The summed E-state index contributed by atoms with van der Waals surface area (Å²) < 4.78 is 1.17. The Morgan fingerprint density at radius 3 is 2.94 bits per heavy atom. The summed E-state index contributed by atoms with van der Waals surface area (Å²) in [5, 5.41) is 0.788. The zero-order valence-electron chi connectivity index (χ0n) is 8.42. The molecule has 3 nitrogen and oxygen atoms in total. The fourth-order valence-corrected chi connectivity index (χ4v) is 2.28. The summed E-state index contributed by atoms with van der Waals surface area (Å²) in [5.41, 5.74) is 1.99. The van der Waals surface area contributed by atoms with Crippen molar-refractivity contribution >= 4 is 32.9 Å². The fraction of sp³-hybridized carbons (Fsp3) is 0. The SMILES string of the molecule is C(=Nc1nc2ccccc2s1)c1ccc[nH]1. The summed E-state index contributed by atoms with van der Waals surface area (Å²) in [6.07, 6.45) is 3.66. The summed E-state index contributed by atoms with van der Waals surface area (Å²) in [6.45, 7) is 0. The first-order valence-electron chi connectivity index (χ1n) is 4.95. The van der Waals surface area contributed by atoms with Crippen LogP contribution in [0.15, 0.2) is 47.6 Å². The Kier molecular flexibility index (Phi) is 2.27. The van der Waals surface area contributed by atoms with Gasteiger partial charge in [-0.1, -0.05) is 23.5 Å². The highest BCUT2D eigenvalue weighted by molar-refractivity contribution is 7.22. The van der Waals surface area contributed by atoms with E-state index in [1.807, 2.05) is 36.5 Å². The number of thiazole rings is 1. The number of aromatic nitrogens is 2. The van der Waals surface area contributed by atoms with Gasteiger partial charge >= 0.3 is 0 Å². The van der Waals surface area contributed by atoms with E-state index in [0.717, 1.165) is 16.3 Å². The van der Waals surface area contributed by atoms with E-state index in [-0.39, 0.29) is 0 Å². The minimum atomic E-state index is 0.788. The summed E-state index contributed by atoms with van der Waals surface area (Å²) in [7, 11) is 0. The number of nitrogens with one attached hydrogen (secondary N) is 1. The Morgan fingerprint density at radius 1 is 1.19 bits per heavy atom. The second kappa shape index (κ2) is 3.90. The van der Waals surface area contributed by atoms with E-state index in [4.69, 9.17) is 0 Å². The maximum Gasteiger partial charge on any atom is 0.210 e. The van der Waals surface area contributed by atoms with Gasteiger partial charge in [0.15, 0.2) is 0 Å². The maximum atomic E-state index is 4.42. The van der Waals surface area contributed by atoms with E-state index < -0.39 is 0 Å². The van der Waals surface area contributed by atoms with Crippen LogP contribution in [-0.4, -0.2) is 16.2 Å². The zero-order chi connectivity index (χ0) is 10.8. The molecule has 0 unspecified atom stereocenters. The summed E-state index contributed by atoms with van der Waals surface area (Å²) >= 11 is 1.60. The number of hydrogen-bond donors (Lipinski definition) is 1. The number of fused-ring (bicyclic) bond motifs is 1. The highest BCUT2D eigenvalue weighted by Crippen LogP contribution is 2.27. The van der Waals surface area contributed by atoms with Crippen molar-refractivity contribution in [2.75, 3.05) is 0 Å². The lowest BCUT2D eigenvalue weighted by Crippen LogP contribution is -1.77. The number of hydrogen-bond acceptors (Lipinski definition) is 3. The maximum absolute atomic E-state index is 4.42. The van der Waals surface area contributed by atoms with Gasteiger partial charge in [-0.05, 0) is 24.3 Å². The number of H-pyrrole nitrogens is 1. The van der Waals surface area contributed by atoms with E-state index in [1.165, 1.54) is 4.70 Å². The standard InChI is InChI=1S/C12H9N3S/c1-2-6-11-10(5-1)15-12(16-11)14-8-9-4-3-7-13-9/h1-8,13H. The van der Waals surface area contributed by atoms with Gasteiger partial charge in [-0.2, -0.15) is 0 Å². The summed E-state index contributed by atoms with van der Waals surface area (Å²) in [5.74, 6) is 0. The molecular formula is C12H9N3S. The van der Waals surface area contributed by atoms with Gasteiger partial charge in [-0.15, -0.1) is 0 Å². The largest absolute Gasteiger partial charge is 0.360 e. The lowest BCUT2D eigenvalue weighted by Gasteiger charge is -1.83. The van der Waals surface area contributed by atoms with Gasteiger partial charge in [0.1, 0.15) is 0 Å². The first kappa shape index (κ1) is 9.30. The van der Waals surface area contributed by atoms with Crippen molar-refractivity contribution in [1.82, 2.24) is 9.97 Å². The number of rotatable bonds is 2. The monoisotopic (exact) mass is 227 g/mol. The van der Waals surface area contributed by atoms with Gasteiger partial charge in [-0.3, -0.25) is 0 Å². The van der Waals surface area contributed by atoms with Crippen LogP contribution in [0.3, 0.4) is 0 Å². The van der Waals surface area contributed by atoms with Crippen molar-refractivity contribution in [2.45, 2.75) is 0 Å². The van der Waals surface area contributed by atoms with Crippen LogP contribution in [0.2, 0.25) is 0 Å². The van der Waals surface area contributed by atoms with Crippen molar-refractivity contribution < 1.29 is 0 Å². The quantitative estimate of drug-likeness (QED) is 0.670. The second-order valence-electron chi connectivity index (χ2n) is 3.35. The lowest BCUT2D eigenvalue weighted by atomic mass is 10.3. The molecule has 0 saturated heterocycles. The normalized spacial score (nSPS) is 11.5. The Balaban J connectivity index is 1.95. The van der Waals surface area contributed by atoms with Crippen LogP contribution >= 0.6 is 11.3 Å². The second-order valence-corrected chi connectivity index (χ2v) is 4.36. The van der Waals surface area contributed by atoms with Crippen LogP contribution in [0, 0.1) is 0 Å². The number of benzene rings is 1. The summed E-state index contributed by atoms with van der Waals surface area (Å²) in [6, 6.07) is 12.0. The van der Waals surface area contributed by atoms with Crippen molar-refractivity contribution in [3.8, 4) is 0 Å². The number of nitrogens with zero attached hydrogens (tertiary/aromatic N) is 2. The highest BCUT2D eigenvalue weighted by atomic mass is 32.1. The van der Waals surface area contributed by atoms with Crippen LogP contribution in [0.25, 0.3) is 10.2 Å². The molecule has 1 aromatic carbocycles. The third kappa shape index (κ3) is 1.75. The smallest absolute Gasteiger partial charge is 0.210 e. The Bertz CT molecular complexity index is 590. The third-order valence-electron chi connectivity index (χ3n) is 2.22. The molecule has 78 valence electrons. The fourth-order valence-electron chi connectivity index (χ4n) is 1.46. The van der Waals surface area contributed by atoms with E-state index in [9.17, 15) is 0 Å². The lowest BCUT2D eigenvalue weighted by molar-refractivity contribution is 1.36. The van der Waals surface area contributed by atoms with Gasteiger partial charge in [0.05, 0.1) is 22.1 Å². The number of aromatic amines is 1. The Hall–Kier alpha value is -1.94. The van der Waals surface area contributed by atoms with E-state index in [1.54, 1.807) is 17.6 Å². The van der Waals surface area contributed by atoms with Crippen LogP contribution in [0.4, 0.5) is 5.13 Å². The molecular weight excluding hydrogens is 218 g/mol. The predicted octanol–water partition coefficient (Wildman–Crippen LogP) is 3.38. The van der Waals surface area contributed by atoms with Gasteiger partial charge in [0.25, 0.3) is 0 Å². The molecule has 0 saturated carbocycles. The average Bonchev–Trinajstić information content (AvgIpc) is 2.95. The highest BCUT2D eigenvalue weighted by Gasteiger charge is 1.99. The molecule has 16 heavy (non-hydrogen) atoms. The van der Waals surface area contributed by atoms with Gasteiger partial charge in [0, 0.05) is 6.20 Å². The molecule has 3 rings (SSSR count). The van der Waals surface area contributed by atoms with Gasteiger partial charge in [0.2, 0.25) is 5.13 Å². The molecule has 0 bridgehead atoms. The van der Waals surface area contributed by atoms with Crippen LogP contribution in [-0.2, 0) is 0 Å². The first-order chi connectivity index (χ1) is 7.92. The van der Waals surface area contributed by atoms with Crippen LogP contribution in [0.1, 0.15) is 5.69 Å². The van der Waals surface area contributed by atoms with Crippen molar-refractivity contribution in [2.24, 2.45) is 4.99 Å². The average molecular weight is 227 g/mol. The minimum absolute atomic E-state index is 0.788. The number of para-hydroxylation sites is 1. The molecule has 2 aromatic heterocycles. The molecule has 0 radical (unpaired) electrons. The summed E-state index contributed by atoms with van der Waals surface area (Å²) in [4.78, 5) is 11.8. The van der Waals surface area contributed by atoms with E-state index >= 15 is 0 Å². The zero-order valence-corrected chi connectivity index (χ0v) is 9.24. The topological polar surface area (TPSA) is 41.0 Å². The molecule has 0 aliphatic rings. The van der Waals surface area contributed by atoms with Crippen LogP contribution < -0.4 is 0 Å². The minimum Gasteiger partial charge on any atom is -0.360 e. The molecule has 0 amide bonds. The van der Waals surface area contributed by atoms with Crippen molar-refractivity contribution in [3.05, 3.63) is 48.3 Å². The molecule has 2 heterocycles. The first-order valence-corrected chi connectivity index (χ1v) is 5.76. The van der Waals surface area contributed by atoms with E-state index in [0.29, 0.717) is 0 Å². The molecule has 1 N–H and O–H groups in total. The molecule has 4 heteroatoms. The predicted molar refractivity (Wildman–Crippen MR) is 67.7 cm³/mol. The molecule has 0 aliphatic heterocycles.